The van der Waals surface area contributed by atoms with Crippen LogP contribution in [-0.4, -0.2) is 52.8 Å². The van der Waals surface area contributed by atoms with Gasteiger partial charge in [0.05, 0.1) is 38.1 Å². The van der Waals surface area contributed by atoms with Crippen molar-refractivity contribution in [3.8, 4) is 0 Å². The van der Waals surface area contributed by atoms with Crippen molar-refractivity contribution in [2.45, 2.75) is 44.7 Å². The van der Waals surface area contributed by atoms with Crippen LogP contribution in [0.3, 0.4) is 0 Å². The molecule has 0 aliphatic heterocycles. The number of carbonyl (C=O) groups is 1. The molecule has 138 valence electrons. The Morgan fingerprint density at radius 1 is 1.20 bits per heavy atom. The van der Waals surface area contributed by atoms with Crippen LogP contribution in [0.4, 0.5) is 0 Å². The van der Waals surface area contributed by atoms with E-state index in [9.17, 15) is 20.1 Å². The van der Waals surface area contributed by atoms with Crippen molar-refractivity contribution in [3.05, 3.63) is 35.9 Å². The van der Waals surface area contributed by atoms with Gasteiger partial charge in [0.25, 0.3) is 0 Å². The Hall–Kier alpha value is -1.47. The molecule has 2 saturated carbocycles. The zero-order valence-corrected chi connectivity index (χ0v) is 14.4. The molecule has 2 aliphatic rings. The number of fused-ring (bicyclic) bond motifs is 2. The highest BCUT2D eigenvalue weighted by molar-refractivity contribution is 5.65. The summed E-state index contributed by atoms with van der Waals surface area (Å²) in [4.78, 5) is 11.1. The summed E-state index contributed by atoms with van der Waals surface area (Å²) in [6.45, 7) is 1.94. The van der Waals surface area contributed by atoms with Crippen LogP contribution in [0.15, 0.2) is 30.3 Å². The molecule has 1 aromatic rings. The average Bonchev–Trinajstić information content (AvgIpc) is 2.81. The Bertz CT molecular complexity index is 591. The van der Waals surface area contributed by atoms with Crippen molar-refractivity contribution in [2.24, 2.45) is 17.3 Å². The highest BCUT2D eigenvalue weighted by Gasteiger charge is 2.61. The highest BCUT2D eigenvalue weighted by atomic mass is 16.5. The molecule has 0 spiro atoms. The van der Waals surface area contributed by atoms with Crippen LogP contribution in [0.5, 0.6) is 0 Å². The number of benzene rings is 1. The Morgan fingerprint density at radius 2 is 1.92 bits per heavy atom. The summed E-state index contributed by atoms with van der Waals surface area (Å²) in [5.74, 6) is -0.838. The van der Waals surface area contributed by atoms with Gasteiger partial charge in [0.1, 0.15) is 0 Å². The minimum absolute atomic E-state index is 0.0902. The Balaban J connectivity index is 1.70. The number of aliphatic hydroxyl groups is 3. The van der Waals surface area contributed by atoms with E-state index in [1.165, 1.54) is 6.92 Å². The summed E-state index contributed by atoms with van der Waals surface area (Å²) in [6.07, 6.45) is -1.82. The molecule has 0 radical (unpaired) electrons. The number of aliphatic hydroxyl groups excluding tert-OH is 3. The van der Waals surface area contributed by atoms with Gasteiger partial charge < -0.3 is 24.8 Å². The van der Waals surface area contributed by atoms with Crippen molar-refractivity contribution in [2.75, 3.05) is 13.2 Å². The van der Waals surface area contributed by atoms with Gasteiger partial charge in [0.2, 0.25) is 0 Å². The van der Waals surface area contributed by atoms with Crippen LogP contribution in [0, 0.1) is 17.3 Å². The van der Waals surface area contributed by atoms with Crippen LogP contribution < -0.4 is 0 Å². The first-order chi connectivity index (χ1) is 11.9. The van der Waals surface area contributed by atoms with Crippen molar-refractivity contribution in [1.82, 2.24) is 0 Å². The molecule has 6 atom stereocenters. The van der Waals surface area contributed by atoms with E-state index in [2.05, 4.69) is 0 Å². The van der Waals surface area contributed by atoms with Crippen molar-refractivity contribution >= 4 is 5.97 Å². The lowest BCUT2D eigenvalue weighted by Crippen LogP contribution is -2.52. The SMILES string of the molecule is CC(=O)OC[C@H]1C[C@H]2C[C@@](COCc3ccccc3)([C@H](O)[C@H]2O)[C@H]1O. The molecule has 25 heavy (non-hydrogen) atoms. The third kappa shape index (κ3) is 3.58. The van der Waals surface area contributed by atoms with Gasteiger partial charge in [-0.2, -0.15) is 0 Å². The Labute approximate surface area is 147 Å². The summed E-state index contributed by atoms with van der Waals surface area (Å²) in [6, 6.07) is 9.66. The summed E-state index contributed by atoms with van der Waals surface area (Å²) in [5, 5.41) is 31.8. The van der Waals surface area contributed by atoms with Crippen molar-refractivity contribution in [1.29, 1.82) is 0 Å². The molecular formula is C19H26O6. The van der Waals surface area contributed by atoms with Crippen molar-refractivity contribution < 1.29 is 29.6 Å². The topological polar surface area (TPSA) is 96.2 Å². The van der Waals surface area contributed by atoms with Crippen LogP contribution in [-0.2, 0) is 20.9 Å². The number of hydrogen-bond donors (Lipinski definition) is 3. The monoisotopic (exact) mass is 350 g/mol. The van der Waals surface area contributed by atoms with E-state index in [0.717, 1.165) is 5.56 Å². The third-order valence-electron chi connectivity index (χ3n) is 5.66. The molecule has 0 heterocycles. The van der Waals surface area contributed by atoms with Gasteiger partial charge in [-0.25, -0.2) is 0 Å². The smallest absolute Gasteiger partial charge is 0.302 e. The van der Waals surface area contributed by atoms with Crippen molar-refractivity contribution in [3.63, 3.8) is 0 Å². The first kappa shape index (κ1) is 18.3. The number of rotatable bonds is 6. The van der Waals surface area contributed by atoms with E-state index in [4.69, 9.17) is 9.47 Å². The number of ether oxygens (including phenoxy) is 2. The van der Waals surface area contributed by atoms with E-state index >= 15 is 0 Å². The van der Waals surface area contributed by atoms with E-state index in [-0.39, 0.29) is 25.0 Å². The first-order valence-electron chi connectivity index (χ1n) is 8.73. The minimum atomic E-state index is -1.05. The van der Waals surface area contributed by atoms with Gasteiger partial charge >= 0.3 is 5.97 Å². The van der Waals surface area contributed by atoms with Gasteiger partial charge in [-0.15, -0.1) is 0 Å². The molecule has 0 saturated heterocycles. The van der Waals surface area contributed by atoms with Gasteiger partial charge in [0, 0.05) is 18.3 Å². The number of carbonyl (C=O) groups excluding carboxylic acids is 1. The van der Waals surface area contributed by atoms with E-state index < -0.39 is 29.7 Å². The second-order valence-electron chi connectivity index (χ2n) is 7.35. The van der Waals surface area contributed by atoms with Crippen LogP contribution >= 0.6 is 0 Å². The first-order valence-corrected chi connectivity index (χ1v) is 8.73. The molecule has 6 nitrogen and oxygen atoms in total. The minimum Gasteiger partial charge on any atom is -0.465 e. The average molecular weight is 350 g/mol. The van der Waals surface area contributed by atoms with E-state index in [1.54, 1.807) is 0 Å². The molecular weight excluding hydrogens is 324 g/mol. The second kappa shape index (κ2) is 7.41. The number of hydrogen-bond acceptors (Lipinski definition) is 6. The lowest BCUT2D eigenvalue weighted by molar-refractivity contribution is -0.158. The molecule has 6 heteroatoms. The summed E-state index contributed by atoms with van der Waals surface area (Å²) in [7, 11) is 0. The van der Waals surface area contributed by atoms with E-state index in [0.29, 0.717) is 19.4 Å². The normalized spacial score (nSPS) is 37.0. The summed E-state index contributed by atoms with van der Waals surface area (Å²) >= 11 is 0. The Morgan fingerprint density at radius 3 is 2.60 bits per heavy atom. The van der Waals surface area contributed by atoms with E-state index in [1.807, 2.05) is 30.3 Å². The lowest BCUT2D eigenvalue weighted by atomic mass is 9.68. The molecule has 0 unspecified atom stereocenters. The molecule has 3 rings (SSSR count). The third-order valence-corrected chi connectivity index (χ3v) is 5.66. The highest BCUT2D eigenvalue weighted by Crippen LogP contribution is 2.54. The van der Waals surface area contributed by atoms with Gasteiger partial charge in [-0.05, 0) is 24.3 Å². The van der Waals surface area contributed by atoms with Crippen LogP contribution in [0.1, 0.15) is 25.3 Å². The number of esters is 1. The maximum Gasteiger partial charge on any atom is 0.302 e. The molecule has 2 aliphatic carbocycles. The maximum atomic E-state index is 11.1. The second-order valence-corrected chi connectivity index (χ2v) is 7.35. The molecule has 0 amide bonds. The predicted molar refractivity (Wildman–Crippen MR) is 89.4 cm³/mol. The fraction of sp³-hybridized carbons (Fsp3) is 0.632. The summed E-state index contributed by atoms with van der Waals surface area (Å²) < 4.78 is 10.9. The predicted octanol–water partition coefficient (Wildman–Crippen LogP) is 0.875. The zero-order chi connectivity index (χ0) is 18.0. The molecule has 0 aromatic heterocycles. The molecule has 2 fully saturated rings. The molecule has 3 N–H and O–H groups in total. The fourth-order valence-electron chi connectivity index (χ4n) is 4.38. The van der Waals surface area contributed by atoms with Gasteiger partial charge in [-0.3, -0.25) is 4.79 Å². The zero-order valence-electron chi connectivity index (χ0n) is 14.4. The molecule has 2 bridgehead atoms. The maximum absolute atomic E-state index is 11.1. The largest absolute Gasteiger partial charge is 0.465 e. The van der Waals surface area contributed by atoms with Crippen LogP contribution in [0.2, 0.25) is 0 Å². The molecule has 1 aromatic carbocycles. The standard InChI is InChI=1S/C19H26O6/c1-12(20)25-10-15-7-14-8-19(17(15)22,18(23)16(14)21)11-24-9-13-5-3-2-4-6-13/h2-6,14-18,21-23H,7-11H2,1H3/t14-,15+,16-,17-,18+,19-/m0/s1. The van der Waals surface area contributed by atoms with Gasteiger partial charge in [0.15, 0.2) is 0 Å². The lowest BCUT2D eigenvalue weighted by Gasteiger charge is -2.43. The Kier molecular flexibility index (Phi) is 5.43. The summed E-state index contributed by atoms with van der Waals surface area (Å²) in [5.41, 5.74) is 0.0762. The quantitative estimate of drug-likeness (QED) is 0.659. The fourth-order valence-corrected chi connectivity index (χ4v) is 4.38. The van der Waals surface area contributed by atoms with Crippen LogP contribution in [0.25, 0.3) is 0 Å². The van der Waals surface area contributed by atoms with Gasteiger partial charge in [-0.1, -0.05) is 30.3 Å².